The standard InChI is InChI=1S/C49H57N6O8P/c1-33(2)55(34(3)4)64(61-28-14-15-35(5)56)63-42-29-44(54-32-52-45-46(50-31-51-47(45)54)53-48(57)36-16-10-8-11-17-36)62-43(42)30-60-49(37-18-12-9-13-19-37,38-20-24-40(58-6)25-21-38)39-22-26-41(59-7)27-23-39/h8-13,16-27,31-34,42-44H,14-15,28-30H2,1-7H3,(H,50,51,53,57)/t42-,43+,44+,64?/m0/s1. The number of rotatable bonds is 21. The molecule has 2 aromatic heterocycles. The van der Waals surface area contributed by atoms with E-state index in [1.165, 1.54) is 6.33 Å². The molecule has 1 saturated heterocycles. The average molecular weight is 889 g/mol. The van der Waals surface area contributed by atoms with Gasteiger partial charge in [-0.3, -0.25) is 9.36 Å². The number of hydrogen-bond donors (Lipinski definition) is 1. The number of aromatic nitrogens is 4. The highest BCUT2D eigenvalue weighted by Crippen LogP contribution is 2.51. The number of nitrogens with zero attached hydrogens (tertiary/aromatic N) is 5. The molecule has 3 heterocycles. The van der Waals surface area contributed by atoms with Crippen LogP contribution < -0.4 is 14.8 Å². The number of ether oxygens (including phenoxy) is 4. The van der Waals surface area contributed by atoms with Gasteiger partial charge < -0.3 is 38.1 Å². The molecule has 7 rings (SSSR count). The SMILES string of the molecule is COc1ccc(C(OC[C@H]2O[C@@H](n3cnc4c(NC(=O)c5ccccc5)ncnc43)C[C@@H]2OP(OCCCC(C)=O)N(C(C)C)C(C)C)(c2ccccc2)c2ccc(OC)cc2)cc1. The highest BCUT2D eigenvalue weighted by atomic mass is 31.2. The summed E-state index contributed by atoms with van der Waals surface area (Å²) in [5.41, 5.74) is 2.92. The van der Waals surface area contributed by atoms with Crippen molar-refractivity contribution in [1.82, 2.24) is 24.2 Å². The van der Waals surface area contributed by atoms with Crippen LogP contribution in [0.2, 0.25) is 0 Å². The molecule has 1 aliphatic heterocycles. The van der Waals surface area contributed by atoms with E-state index in [4.69, 9.17) is 28.0 Å². The summed E-state index contributed by atoms with van der Waals surface area (Å²) in [6, 6.07) is 35.0. The third-order valence-electron chi connectivity index (χ3n) is 11.1. The Hall–Kier alpha value is -5.60. The largest absolute Gasteiger partial charge is 0.497 e. The first kappa shape index (κ1) is 46.4. The second-order valence-electron chi connectivity index (χ2n) is 16.1. The van der Waals surface area contributed by atoms with Gasteiger partial charge in [0.05, 0.1) is 39.9 Å². The van der Waals surface area contributed by atoms with Crippen molar-refractivity contribution in [1.29, 1.82) is 0 Å². The molecule has 0 radical (unpaired) electrons. The number of fused-ring (bicyclic) bond motifs is 1. The van der Waals surface area contributed by atoms with Crippen molar-refractivity contribution in [2.75, 3.05) is 32.8 Å². The van der Waals surface area contributed by atoms with Crippen molar-refractivity contribution in [3.63, 3.8) is 0 Å². The Morgan fingerprint density at radius 1 is 0.828 bits per heavy atom. The van der Waals surface area contributed by atoms with Gasteiger partial charge in [0.15, 0.2) is 17.0 Å². The van der Waals surface area contributed by atoms with Crippen LogP contribution in [-0.4, -0.2) is 87.6 Å². The molecule has 1 amide bonds. The van der Waals surface area contributed by atoms with E-state index in [0.717, 1.165) is 16.7 Å². The van der Waals surface area contributed by atoms with Crippen LogP contribution in [0.15, 0.2) is 122 Å². The first-order valence-electron chi connectivity index (χ1n) is 21.6. The first-order valence-corrected chi connectivity index (χ1v) is 22.7. The molecule has 0 saturated carbocycles. The molecule has 1 unspecified atom stereocenters. The summed E-state index contributed by atoms with van der Waals surface area (Å²) < 4.78 is 43.4. The number of Topliss-reactive ketones (excluding diaryl/α,β-unsaturated/α-hetero) is 1. The van der Waals surface area contributed by atoms with Crippen molar-refractivity contribution in [2.45, 2.75) is 90.0 Å². The zero-order valence-corrected chi connectivity index (χ0v) is 38.3. The molecule has 14 nitrogen and oxygen atoms in total. The molecule has 0 spiro atoms. The van der Waals surface area contributed by atoms with Crippen molar-refractivity contribution in [3.8, 4) is 11.5 Å². The van der Waals surface area contributed by atoms with Gasteiger partial charge in [-0.25, -0.2) is 19.6 Å². The highest BCUT2D eigenvalue weighted by Gasteiger charge is 2.45. The number of carbonyl (C=O) groups is 2. The Bertz CT molecular complexity index is 2380. The Labute approximate surface area is 376 Å². The Morgan fingerprint density at radius 3 is 2.00 bits per heavy atom. The van der Waals surface area contributed by atoms with Gasteiger partial charge in [-0.1, -0.05) is 72.8 Å². The van der Waals surface area contributed by atoms with Gasteiger partial charge in [0.25, 0.3) is 14.4 Å². The van der Waals surface area contributed by atoms with E-state index >= 15 is 0 Å². The van der Waals surface area contributed by atoms with Gasteiger partial charge in [-0.05, 0) is 94.1 Å². The lowest BCUT2D eigenvalue weighted by molar-refractivity contribution is -0.117. The molecule has 64 heavy (non-hydrogen) atoms. The van der Waals surface area contributed by atoms with Crippen LogP contribution in [0.4, 0.5) is 5.82 Å². The molecular formula is C49H57N6O8P. The van der Waals surface area contributed by atoms with E-state index in [9.17, 15) is 9.59 Å². The predicted octanol–water partition coefficient (Wildman–Crippen LogP) is 9.51. The second-order valence-corrected chi connectivity index (χ2v) is 17.5. The Kier molecular flexibility index (Phi) is 15.5. The molecular weight excluding hydrogens is 832 g/mol. The number of imidazole rings is 1. The smallest absolute Gasteiger partial charge is 0.259 e. The summed E-state index contributed by atoms with van der Waals surface area (Å²) in [6.07, 6.45) is 2.66. The van der Waals surface area contributed by atoms with Crippen LogP contribution in [0.5, 0.6) is 11.5 Å². The number of ketones is 1. The van der Waals surface area contributed by atoms with E-state index in [1.807, 2.05) is 77.4 Å². The summed E-state index contributed by atoms with van der Waals surface area (Å²) in [6.45, 7) is 10.5. The van der Waals surface area contributed by atoms with Gasteiger partial charge in [0.2, 0.25) is 0 Å². The normalized spacial score (nSPS) is 17.0. The molecule has 0 aliphatic carbocycles. The lowest BCUT2D eigenvalue weighted by Crippen LogP contribution is -2.39. The minimum Gasteiger partial charge on any atom is -0.497 e. The van der Waals surface area contributed by atoms with Gasteiger partial charge in [-0.2, -0.15) is 0 Å². The third-order valence-corrected chi connectivity index (χ3v) is 13.3. The van der Waals surface area contributed by atoms with E-state index < -0.39 is 32.6 Å². The number of anilines is 1. The van der Waals surface area contributed by atoms with Gasteiger partial charge >= 0.3 is 0 Å². The fourth-order valence-electron chi connectivity index (χ4n) is 8.04. The summed E-state index contributed by atoms with van der Waals surface area (Å²) >= 11 is 0. The maximum absolute atomic E-state index is 13.2. The molecule has 1 fully saturated rings. The van der Waals surface area contributed by atoms with Crippen LogP contribution in [0, 0.1) is 0 Å². The van der Waals surface area contributed by atoms with Crippen molar-refractivity contribution in [2.24, 2.45) is 0 Å². The number of benzene rings is 4. The summed E-state index contributed by atoms with van der Waals surface area (Å²) in [4.78, 5) is 38.8. The van der Waals surface area contributed by atoms with E-state index in [0.29, 0.717) is 54.1 Å². The molecule has 336 valence electrons. The van der Waals surface area contributed by atoms with E-state index in [2.05, 4.69) is 64.8 Å². The van der Waals surface area contributed by atoms with Gasteiger partial charge in [0, 0.05) is 30.5 Å². The number of hydrogen-bond acceptors (Lipinski definition) is 12. The van der Waals surface area contributed by atoms with Crippen LogP contribution in [-0.2, 0) is 28.9 Å². The fourth-order valence-corrected chi connectivity index (χ4v) is 9.84. The third kappa shape index (κ3) is 10.5. The summed E-state index contributed by atoms with van der Waals surface area (Å²) in [7, 11) is 1.65. The maximum Gasteiger partial charge on any atom is 0.259 e. The van der Waals surface area contributed by atoms with Crippen LogP contribution in [0.25, 0.3) is 11.2 Å². The average Bonchev–Trinajstić information content (AvgIpc) is 3.93. The molecule has 1 N–H and O–H groups in total. The molecule has 0 bridgehead atoms. The monoisotopic (exact) mass is 888 g/mol. The predicted molar refractivity (Wildman–Crippen MR) is 246 cm³/mol. The quantitative estimate of drug-likeness (QED) is 0.0417. The lowest BCUT2D eigenvalue weighted by atomic mass is 9.80. The van der Waals surface area contributed by atoms with Crippen molar-refractivity contribution < 1.29 is 37.6 Å². The molecule has 4 atom stereocenters. The second kappa shape index (κ2) is 21.4. The topological polar surface area (TPSA) is 148 Å². The summed E-state index contributed by atoms with van der Waals surface area (Å²) in [5, 5.41) is 2.90. The Morgan fingerprint density at radius 2 is 1.42 bits per heavy atom. The first-order chi connectivity index (χ1) is 31.0. The van der Waals surface area contributed by atoms with Crippen LogP contribution in [0.3, 0.4) is 0 Å². The minimum absolute atomic E-state index is 0.0846. The Balaban J connectivity index is 1.28. The fraction of sp³-hybridized carbons (Fsp3) is 0.367. The highest BCUT2D eigenvalue weighted by molar-refractivity contribution is 7.44. The van der Waals surface area contributed by atoms with E-state index in [1.54, 1.807) is 51.7 Å². The van der Waals surface area contributed by atoms with Crippen molar-refractivity contribution >= 4 is 37.2 Å². The van der Waals surface area contributed by atoms with Gasteiger partial charge in [0.1, 0.15) is 41.5 Å². The van der Waals surface area contributed by atoms with Gasteiger partial charge in [-0.15, -0.1) is 0 Å². The van der Waals surface area contributed by atoms with E-state index in [-0.39, 0.29) is 36.2 Å². The number of methoxy groups -OCH3 is 2. The lowest BCUT2D eigenvalue weighted by Gasteiger charge is -2.39. The number of nitrogens with one attached hydrogen (secondary N) is 1. The zero-order valence-electron chi connectivity index (χ0n) is 37.4. The molecule has 6 aromatic rings. The van der Waals surface area contributed by atoms with Crippen LogP contribution in [0.1, 0.15) is 87.2 Å². The zero-order chi connectivity index (χ0) is 45.2. The molecule has 15 heteroatoms. The van der Waals surface area contributed by atoms with Crippen molar-refractivity contribution in [3.05, 3.63) is 144 Å². The summed E-state index contributed by atoms with van der Waals surface area (Å²) in [5.74, 6) is 1.50. The van der Waals surface area contributed by atoms with Crippen LogP contribution >= 0.6 is 8.53 Å². The molecule has 4 aromatic carbocycles. The minimum atomic E-state index is -1.64. The maximum atomic E-state index is 13.2. The number of amides is 1. The molecule has 1 aliphatic rings. The number of carbonyl (C=O) groups excluding carboxylic acids is 2.